The van der Waals surface area contributed by atoms with Gasteiger partial charge >= 0.3 is 0 Å². The highest BCUT2D eigenvalue weighted by Crippen LogP contribution is 2.28. The summed E-state index contributed by atoms with van der Waals surface area (Å²) < 4.78 is 0. The van der Waals surface area contributed by atoms with Crippen LogP contribution in [0.1, 0.15) is 21.5 Å². The number of nitrogens with zero attached hydrogens (tertiary/aromatic N) is 3. The molecule has 0 spiro atoms. The summed E-state index contributed by atoms with van der Waals surface area (Å²) in [7, 11) is 1.58. The van der Waals surface area contributed by atoms with E-state index in [-0.39, 0.29) is 11.6 Å². The van der Waals surface area contributed by atoms with Crippen LogP contribution in [0.25, 0.3) is 0 Å². The third-order valence-corrected chi connectivity index (χ3v) is 3.97. The van der Waals surface area contributed by atoms with E-state index in [1.54, 1.807) is 31.4 Å². The van der Waals surface area contributed by atoms with E-state index < -0.39 is 4.92 Å². The molecule has 1 amide bonds. The Morgan fingerprint density at radius 1 is 1.35 bits per heavy atom. The van der Waals surface area contributed by atoms with Crippen molar-refractivity contribution in [3.63, 3.8) is 0 Å². The number of aromatic nitrogens is 1. The van der Waals surface area contributed by atoms with Crippen LogP contribution in [0, 0.1) is 10.1 Å². The van der Waals surface area contributed by atoms with Gasteiger partial charge in [0, 0.05) is 38.5 Å². The van der Waals surface area contributed by atoms with Gasteiger partial charge in [0.2, 0.25) is 0 Å². The Morgan fingerprint density at radius 3 is 2.91 bits per heavy atom. The van der Waals surface area contributed by atoms with Crippen molar-refractivity contribution >= 4 is 17.4 Å². The number of fused-ring (bicyclic) bond motifs is 1. The molecule has 118 valence electrons. The van der Waals surface area contributed by atoms with Crippen LogP contribution in [0.5, 0.6) is 0 Å². The molecule has 2 heterocycles. The van der Waals surface area contributed by atoms with Crippen molar-refractivity contribution in [3.8, 4) is 0 Å². The van der Waals surface area contributed by atoms with Gasteiger partial charge in [0.1, 0.15) is 5.82 Å². The molecule has 0 fully saturated rings. The molecule has 3 rings (SSSR count). The SMILES string of the molecule is CNC(=O)c1cccnc1N1CCc2ccc([N+](=O)[O-])cc2C1. The zero-order valence-corrected chi connectivity index (χ0v) is 12.7. The minimum absolute atomic E-state index is 0.0816. The van der Waals surface area contributed by atoms with Gasteiger partial charge in [-0.1, -0.05) is 6.07 Å². The van der Waals surface area contributed by atoms with Gasteiger partial charge in [-0.15, -0.1) is 0 Å². The van der Waals surface area contributed by atoms with Crippen molar-refractivity contribution in [2.45, 2.75) is 13.0 Å². The number of pyridine rings is 1. The molecule has 23 heavy (non-hydrogen) atoms. The van der Waals surface area contributed by atoms with Gasteiger partial charge < -0.3 is 10.2 Å². The van der Waals surface area contributed by atoms with E-state index in [1.165, 1.54) is 6.07 Å². The normalized spacial score (nSPS) is 13.3. The lowest BCUT2D eigenvalue weighted by Gasteiger charge is -2.30. The highest BCUT2D eigenvalue weighted by molar-refractivity contribution is 5.98. The summed E-state index contributed by atoms with van der Waals surface area (Å²) in [4.78, 5) is 28.9. The van der Waals surface area contributed by atoms with Crippen LogP contribution in [0.2, 0.25) is 0 Å². The van der Waals surface area contributed by atoms with Crippen LogP contribution < -0.4 is 10.2 Å². The molecule has 1 aromatic heterocycles. The highest BCUT2D eigenvalue weighted by Gasteiger charge is 2.23. The van der Waals surface area contributed by atoms with Gasteiger partial charge in [0.15, 0.2) is 0 Å². The number of carbonyl (C=O) groups is 1. The number of benzene rings is 1. The summed E-state index contributed by atoms with van der Waals surface area (Å²) in [5, 5.41) is 13.6. The van der Waals surface area contributed by atoms with Gasteiger partial charge in [0.05, 0.1) is 10.5 Å². The Kier molecular flexibility index (Phi) is 3.92. The van der Waals surface area contributed by atoms with Crippen LogP contribution in [-0.4, -0.2) is 29.4 Å². The Labute approximate surface area is 133 Å². The molecular formula is C16H16N4O3. The molecular weight excluding hydrogens is 296 g/mol. The van der Waals surface area contributed by atoms with E-state index in [0.717, 1.165) is 17.5 Å². The van der Waals surface area contributed by atoms with Crippen LogP contribution in [0.3, 0.4) is 0 Å². The molecule has 0 bridgehead atoms. The maximum atomic E-state index is 12.0. The lowest BCUT2D eigenvalue weighted by atomic mass is 9.98. The molecule has 0 saturated heterocycles. The smallest absolute Gasteiger partial charge is 0.269 e. The molecule has 0 unspecified atom stereocenters. The second kappa shape index (κ2) is 6.04. The first kappa shape index (κ1) is 15.0. The molecule has 0 radical (unpaired) electrons. The van der Waals surface area contributed by atoms with E-state index >= 15 is 0 Å². The molecule has 7 nitrogen and oxygen atoms in total. The standard InChI is InChI=1S/C16H16N4O3/c1-17-16(21)14-3-2-7-18-15(14)19-8-6-11-4-5-13(20(22)23)9-12(11)10-19/h2-5,7,9H,6,8,10H2,1H3,(H,17,21). The quantitative estimate of drug-likeness (QED) is 0.691. The van der Waals surface area contributed by atoms with E-state index in [9.17, 15) is 14.9 Å². The van der Waals surface area contributed by atoms with Crippen molar-refractivity contribution in [1.82, 2.24) is 10.3 Å². The number of nitro benzene ring substituents is 1. The van der Waals surface area contributed by atoms with Gasteiger partial charge in [-0.3, -0.25) is 14.9 Å². The molecule has 1 N–H and O–H groups in total. The summed E-state index contributed by atoms with van der Waals surface area (Å²) in [6, 6.07) is 8.39. The average Bonchev–Trinajstić information content (AvgIpc) is 2.60. The fraction of sp³-hybridized carbons (Fsp3) is 0.250. The fourth-order valence-corrected chi connectivity index (χ4v) is 2.80. The van der Waals surface area contributed by atoms with Crippen molar-refractivity contribution in [2.24, 2.45) is 0 Å². The molecule has 2 aromatic rings. The maximum absolute atomic E-state index is 12.0. The lowest BCUT2D eigenvalue weighted by molar-refractivity contribution is -0.384. The second-order valence-electron chi connectivity index (χ2n) is 5.34. The van der Waals surface area contributed by atoms with Gasteiger partial charge in [-0.05, 0) is 29.7 Å². The predicted octanol–water partition coefficient (Wildman–Crippen LogP) is 1.91. The number of hydrogen-bond acceptors (Lipinski definition) is 5. The second-order valence-corrected chi connectivity index (χ2v) is 5.34. The number of amides is 1. The maximum Gasteiger partial charge on any atom is 0.269 e. The highest BCUT2D eigenvalue weighted by atomic mass is 16.6. The first-order valence-corrected chi connectivity index (χ1v) is 7.28. The Hall–Kier alpha value is -2.96. The third-order valence-electron chi connectivity index (χ3n) is 3.97. The minimum atomic E-state index is -0.393. The summed E-state index contributed by atoms with van der Waals surface area (Å²) in [6.45, 7) is 1.21. The van der Waals surface area contributed by atoms with Crippen molar-refractivity contribution in [1.29, 1.82) is 0 Å². The van der Waals surface area contributed by atoms with Crippen LogP contribution >= 0.6 is 0 Å². The molecule has 1 aliphatic heterocycles. The zero-order valence-electron chi connectivity index (χ0n) is 12.7. The first-order valence-electron chi connectivity index (χ1n) is 7.28. The summed E-state index contributed by atoms with van der Waals surface area (Å²) in [5.74, 6) is 0.405. The molecule has 1 aromatic carbocycles. The topological polar surface area (TPSA) is 88.4 Å². The number of carbonyl (C=O) groups excluding carboxylic acids is 1. The number of anilines is 1. The van der Waals surface area contributed by atoms with E-state index in [1.807, 2.05) is 11.0 Å². The van der Waals surface area contributed by atoms with Crippen LogP contribution in [-0.2, 0) is 13.0 Å². The van der Waals surface area contributed by atoms with E-state index in [2.05, 4.69) is 10.3 Å². The minimum Gasteiger partial charge on any atom is -0.355 e. The van der Waals surface area contributed by atoms with Crippen molar-refractivity contribution in [3.05, 3.63) is 63.3 Å². The largest absolute Gasteiger partial charge is 0.355 e. The summed E-state index contributed by atoms with van der Waals surface area (Å²) in [5.41, 5.74) is 2.59. The first-order chi connectivity index (χ1) is 11.1. The fourth-order valence-electron chi connectivity index (χ4n) is 2.80. The number of non-ortho nitro benzene ring substituents is 1. The predicted molar refractivity (Wildman–Crippen MR) is 85.5 cm³/mol. The summed E-state index contributed by atoms with van der Waals surface area (Å²) in [6.07, 6.45) is 2.40. The Balaban J connectivity index is 1.95. The summed E-state index contributed by atoms with van der Waals surface area (Å²) >= 11 is 0. The number of nitro groups is 1. The zero-order chi connectivity index (χ0) is 16.4. The monoisotopic (exact) mass is 312 g/mol. The van der Waals surface area contributed by atoms with Crippen LogP contribution in [0.15, 0.2) is 36.5 Å². The third kappa shape index (κ3) is 2.85. The van der Waals surface area contributed by atoms with Crippen molar-refractivity contribution < 1.29 is 9.72 Å². The number of hydrogen-bond donors (Lipinski definition) is 1. The van der Waals surface area contributed by atoms with Crippen LogP contribution in [0.4, 0.5) is 11.5 Å². The van der Waals surface area contributed by atoms with Gasteiger partial charge in [0.25, 0.3) is 11.6 Å². The van der Waals surface area contributed by atoms with E-state index in [0.29, 0.717) is 24.5 Å². The molecule has 1 aliphatic rings. The molecule has 0 atom stereocenters. The molecule has 7 heteroatoms. The average molecular weight is 312 g/mol. The Morgan fingerprint density at radius 2 is 2.17 bits per heavy atom. The molecule has 0 saturated carbocycles. The van der Waals surface area contributed by atoms with Gasteiger partial charge in [-0.2, -0.15) is 0 Å². The van der Waals surface area contributed by atoms with Crippen molar-refractivity contribution in [2.75, 3.05) is 18.5 Å². The van der Waals surface area contributed by atoms with E-state index in [4.69, 9.17) is 0 Å². The number of rotatable bonds is 3. The number of nitrogens with one attached hydrogen (secondary N) is 1. The lowest BCUT2D eigenvalue weighted by Crippen LogP contribution is -2.33. The Bertz CT molecular complexity index is 776. The van der Waals surface area contributed by atoms with Gasteiger partial charge in [-0.25, -0.2) is 4.98 Å². The molecule has 0 aliphatic carbocycles.